The molecule has 0 aromatic carbocycles. The summed E-state index contributed by atoms with van der Waals surface area (Å²) in [7, 11) is 1.36. The third-order valence-electron chi connectivity index (χ3n) is 3.58. The number of hydrogen-bond acceptors (Lipinski definition) is 4. The fourth-order valence-electron chi connectivity index (χ4n) is 1.94. The Morgan fingerprint density at radius 2 is 2.05 bits per heavy atom. The second kappa shape index (κ2) is 4.52. The maximum absolute atomic E-state index is 11.6. The molecule has 1 saturated heterocycles. The van der Waals surface area contributed by atoms with Crippen LogP contribution in [0.2, 0.25) is 0 Å². The molecule has 2 aliphatic rings. The summed E-state index contributed by atoms with van der Waals surface area (Å²) in [5.74, 6) is -1.74. The molecule has 1 saturated carbocycles. The maximum atomic E-state index is 11.6. The molecule has 8 nitrogen and oxygen atoms in total. The highest BCUT2D eigenvalue weighted by Gasteiger charge is 2.50. The third kappa shape index (κ3) is 2.51. The Bertz CT molecular complexity index is 457. The Kier molecular flexibility index (Phi) is 3.17. The molecule has 1 atom stereocenters. The molecule has 0 spiro atoms. The first-order chi connectivity index (χ1) is 8.85. The number of carboxylic acid groups (broad SMARTS) is 1. The van der Waals surface area contributed by atoms with Crippen molar-refractivity contribution in [3.8, 4) is 0 Å². The Morgan fingerprint density at radius 1 is 1.42 bits per heavy atom. The molecule has 1 aliphatic carbocycles. The van der Waals surface area contributed by atoms with Gasteiger partial charge in [-0.3, -0.25) is 19.3 Å². The Morgan fingerprint density at radius 3 is 2.47 bits per heavy atom. The van der Waals surface area contributed by atoms with Crippen LogP contribution in [0.4, 0.5) is 4.79 Å². The molecule has 104 valence electrons. The van der Waals surface area contributed by atoms with Gasteiger partial charge in [-0.25, -0.2) is 4.79 Å². The van der Waals surface area contributed by atoms with E-state index in [-0.39, 0.29) is 18.9 Å². The molecule has 0 aromatic heterocycles. The molecule has 1 heterocycles. The maximum Gasteiger partial charge on any atom is 0.315 e. The number of imide groups is 1. The van der Waals surface area contributed by atoms with Crippen LogP contribution in [0.1, 0.15) is 19.3 Å². The van der Waals surface area contributed by atoms with Gasteiger partial charge in [0.2, 0.25) is 5.91 Å². The summed E-state index contributed by atoms with van der Waals surface area (Å²) in [6.45, 7) is 0.0266. The highest BCUT2D eigenvalue weighted by molar-refractivity contribution is 6.06. The Hall–Kier alpha value is -2.12. The van der Waals surface area contributed by atoms with Gasteiger partial charge in [-0.05, 0) is 12.8 Å². The summed E-state index contributed by atoms with van der Waals surface area (Å²) >= 11 is 0. The SMILES string of the molecule is CN1C(=O)CC(NC(=O)NCC2(C(=O)O)CC2)C1=O. The molecule has 2 fully saturated rings. The fraction of sp³-hybridized carbons (Fsp3) is 0.636. The van der Waals surface area contributed by atoms with Crippen LogP contribution < -0.4 is 10.6 Å². The third-order valence-corrected chi connectivity index (χ3v) is 3.58. The van der Waals surface area contributed by atoms with Crippen LogP contribution in [0.25, 0.3) is 0 Å². The lowest BCUT2D eigenvalue weighted by Gasteiger charge is -2.14. The van der Waals surface area contributed by atoms with Crippen molar-refractivity contribution < 1.29 is 24.3 Å². The number of carbonyl (C=O) groups is 4. The van der Waals surface area contributed by atoms with Crippen molar-refractivity contribution in [3.05, 3.63) is 0 Å². The van der Waals surface area contributed by atoms with Gasteiger partial charge < -0.3 is 15.7 Å². The molecule has 0 bridgehead atoms. The second-order valence-electron chi connectivity index (χ2n) is 4.96. The van der Waals surface area contributed by atoms with Gasteiger partial charge in [-0.2, -0.15) is 0 Å². The molecule has 19 heavy (non-hydrogen) atoms. The monoisotopic (exact) mass is 269 g/mol. The predicted octanol–water partition coefficient (Wildman–Crippen LogP) is -1.09. The number of aliphatic carboxylic acids is 1. The average molecular weight is 269 g/mol. The zero-order valence-corrected chi connectivity index (χ0v) is 10.4. The fourth-order valence-corrected chi connectivity index (χ4v) is 1.94. The van der Waals surface area contributed by atoms with E-state index in [0.29, 0.717) is 12.8 Å². The van der Waals surface area contributed by atoms with E-state index in [1.54, 1.807) is 0 Å². The summed E-state index contributed by atoms with van der Waals surface area (Å²) in [5.41, 5.74) is -0.858. The molecule has 0 aromatic rings. The van der Waals surface area contributed by atoms with Gasteiger partial charge in [0.15, 0.2) is 0 Å². The molecule has 8 heteroatoms. The number of rotatable bonds is 4. The van der Waals surface area contributed by atoms with E-state index in [1.807, 2.05) is 0 Å². The zero-order chi connectivity index (χ0) is 14.2. The van der Waals surface area contributed by atoms with E-state index in [4.69, 9.17) is 5.11 Å². The standard InChI is InChI=1S/C11H15N3O5/c1-14-7(15)4-6(8(14)16)13-10(19)12-5-11(2-3-11)9(17)18/h6H,2-5H2,1H3,(H,17,18)(H2,12,13,19). The minimum absolute atomic E-state index is 0.0266. The number of likely N-dealkylation sites (N-methyl/N-ethyl adjacent to an activating group) is 1. The summed E-state index contributed by atoms with van der Waals surface area (Å²) in [6, 6.07) is -1.49. The van der Waals surface area contributed by atoms with Crippen molar-refractivity contribution in [1.29, 1.82) is 0 Å². The number of hydrogen-bond donors (Lipinski definition) is 3. The summed E-state index contributed by atoms with van der Waals surface area (Å²) in [4.78, 5) is 46.2. The molecule has 3 N–H and O–H groups in total. The molecule has 0 radical (unpaired) electrons. The molecule has 1 aliphatic heterocycles. The van der Waals surface area contributed by atoms with Crippen molar-refractivity contribution in [2.45, 2.75) is 25.3 Å². The minimum Gasteiger partial charge on any atom is -0.481 e. The van der Waals surface area contributed by atoms with Crippen molar-refractivity contribution in [3.63, 3.8) is 0 Å². The van der Waals surface area contributed by atoms with Gasteiger partial charge in [0.1, 0.15) is 6.04 Å². The van der Waals surface area contributed by atoms with Gasteiger partial charge in [0.25, 0.3) is 5.91 Å². The highest BCUT2D eigenvalue weighted by Crippen LogP contribution is 2.45. The van der Waals surface area contributed by atoms with E-state index in [0.717, 1.165) is 4.90 Å². The number of carboxylic acids is 1. The average Bonchev–Trinajstić information content (AvgIpc) is 3.10. The second-order valence-corrected chi connectivity index (χ2v) is 4.96. The lowest BCUT2D eigenvalue weighted by atomic mass is 10.1. The molecular weight excluding hydrogens is 254 g/mol. The quantitative estimate of drug-likeness (QED) is 0.561. The van der Waals surface area contributed by atoms with Gasteiger partial charge in [-0.15, -0.1) is 0 Å². The van der Waals surface area contributed by atoms with Crippen LogP contribution in [-0.2, 0) is 14.4 Å². The van der Waals surface area contributed by atoms with E-state index < -0.39 is 29.4 Å². The van der Waals surface area contributed by atoms with E-state index in [2.05, 4.69) is 10.6 Å². The number of likely N-dealkylation sites (tertiary alicyclic amines) is 1. The lowest BCUT2D eigenvalue weighted by molar-refractivity contribution is -0.143. The first kappa shape index (κ1) is 13.3. The van der Waals surface area contributed by atoms with Crippen LogP contribution in [0.5, 0.6) is 0 Å². The number of nitrogens with one attached hydrogen (secondary N) is 2. The first-order valence-electron chi connectivity index (χ1n) is 5.94. The van der Waals surface area contributed by atoms with E-state index in [1.165, 1.54) is 7.05 Å². The van der Waals surface area contributed by atoms with Crippen molar-refractivity contribution in [1.82, 2.24) is 15.5 Å². The molecular formula is C11H15N3O5. The summed E-state index contributed by atoms with van der Waals surface area (Å²) < 4.78 is 0. The van der Waals surface area contributed by atoms with Crippen molar-refractivity contribution in [2.24, 2.45) is 5.41 Å². The van der Waals surface area contributed by atoms with Crippen molar-refractivity contribution in [2.75, 3.05) is 13.6 Å². The van der Waals surface area contributed by atoms with E-state index >= 15 is 0 Å². The van der Waals surface area contributed by atoms with Crippen LogP contribution in [0, 0.1) is 5.41 Å². The van der Waals surface area contributed by atoms with Crippen molar-refractivity contribution >= 4 is 23.8 Å². The number of nitrogens with zero attached hydrogens (tertiary/aromatic N) is 1. The summed E-state index contributed by atoms with van der Waals surface area (Å²) in [5, 5.41) is 13.7. The molecule has 4 amide bonds. The minimum atomic E-state index is -0.931. The van der Waals surface area contributed by atoms with Gasteiger partial charge in [0, 0.05) is 13.6 Å². The smallest absolute Gasteiger partial charge is 0.315 e. The topological polar surface area (TPSA) is 116 Å². The molecule has 2 rings (SSSR count). The lowest BCUT2D eigenvalue weighted by Crippen LogP contribution is -2.47. The number of urea groups is 1. The van der Waals surface area contributed by atoms with E-state index in [9.17, 15) is 19.2 Å². The largest absolute Gasteiger partial charge is 0.481 e. The van der Waals surface area contributed by atoms with Crippen LogP contribution in [0.15, 0.2) is 0 Å². The predicted molar refractivity (Wildman–Crippen MR) is 62.0 cm³/mol. The number of amides is 4. The van der Waals surface area contributed by atoms with Gasteiger partial charge in [-0.1, -0.05) is 0 Å². The highest BCUT2D eigenvalue weighted by atomic mass is 16.4. The van der Waals surface area contributed by atoms with Gasteiger partial charge in [0.05, 0.1) is 11.8 Å². The first-order valence-corrected chi connectivity index (χ1v) is 5.94. The van der Waals surface area contributed by atoms with Crippen LogP contribution >= 0.6 is 0 Å². The summed E-state index contributed by atoms with van der Waals surface area (Å²) in [6.07, 6.45) is 1.01. The molecule has 1 unspecified atom stereocenters. The number of carbonyl (C=O) groups excluding carboxylic acids is 3. The zero-order valence-electron chi connectivity index (χ0n) is 10.4. The Balaban J connectivity index is 1.81. The van der Waals surface area contributed by atoms with Crippen LogP contribution in [-0.4, -0.2) is 53.5 Å². The van der Waals surface area contributed by atoms with Gasteiger partial charge >= 0.3 is 12.0 Å². The Labute approximate surface area is 109 Å². The normalized spacial score (nSPS) is 24.3. The van der Waals surface area contributed by atoms with Crippen LogP contribution in [0.3, 0.4) is 0 Å².